The molecule has 1 unspecified atom stereocenters. The molecule has 2 aromatic rings. The molecule has 0 aliphatic carbocycles. The zero-order chi connectivity index (χ0) is 17.3. The molecule has 0 bridgehead atoms. The Labute approximate surface area is 154 Å². The molecule has 0 amide bonds. The summed E-state index contributed by atoms with van der Waals surface area (Å²) in [6.45, 7) is 0.172. The van der Waals surface area contributed by atoms with Crippen LogP contribution in [0, 0.1) is 0 Å². The van der Waals surface area contributed by atoms with Crippen molar-refractivity contribution in [2.75, 3.05) is 6.61 Å². The van der Waals surface area contributed by atoms with E-state index in [1.54, 1.807) is 24.3 Å². The third-order valence-electron chi connectivity index (χ3n) is 3.65. The summed E-state index contributed by atoms with van der Waals surface area (Å²) in [5.74, 6) is -0.338. The average molecular weight is 428 g/mol. The van der Waals surface area contributed by atoms with Crippen LogP contribution in [0.25, 0.3) is 11.1 Å². The molecule has 1 aliphatic heterocycles. The summed E-state index contributed by atoms with van der Waals surface area (Å²) >= 11 is 7.74. The lowest BCUT2D eigenvalue weighted by Crippen LogP contribution is -1.99. The van der Waals surface area contributed by atoms with Crippen LogP contribution in [0.5, 0.6) is 0 Å². The minimum Gasteiger partial charge on any atom is -0.457 e. The Morgan fingerprint density at radius 2 is 1.92 bits per heavy atom. The van der Waals surface area contributed by atoms with Crippen molar-refractivity contribution in [2.45, 2.75) is 5.75 Å². The predicted octanol–water partition coefficient (Wildman–Crippen LogP) is 4.29. The van der Waals surface area contributed by atoms with Gasteiger partial charge in [0.15, 0.2) is 11.1 Å². The molecule has 0 saturated heterocycles. The molecule has 4 nitrogen and oxygen atoms in total. The monoisotopic (exact) mass is 426 g/mol. The minimum atomic E-state index is -1.89. The number of esters is 1. The second kappa shape index (κ2) is 7.19. The van der Waals surface area contributed by atoms with Gasteiger partial charge in [0.1, 0.15) is 6.61 Å². The molecule has 1 heterocycles. The highest BCUT2D eigenvalue weighted by Crippen LogP contribution is 2.37. The summed E-state index contributed by atoms with van der Waals surface area (Å²) in [6.07, 6.45) is 0. The van der Waals surface area contributed by atoms with E-state index >= 15 is 0 Å². The SMILES string of the molecule is O=C1OCC(c2ccc(CS(=O)O)cc2)=C1c1ccc(Br)cc1Cl. The van der Waals surface area contributed by atoms with Gasteiger partial charge in [-0.15, -0.1) is 0 Å². The quantitative estimate of drug-likeness (QED) is 0.584. The number of halogens is 2. The maximum atomic E-state index is 12.2. The van der Waals surface area contributed by atoms with Crippen molar-refractivity contribution >= 4 is 55.7 Å². The van der Waals surface area contributed by atoms with Crippen LogP contribution < -0.4 is 0 Å². The molecule has 2 aromatic carbocycles. The van der Waals surface area contributed by atoms with Crippen LogP contribution in [0.15, 0.2) is 46.9 Å². The first-order valence-electron chi connectivity index (χ1n) is 6.98. The van der Waals surface area contributed by atoms with Gasteiger partial charge in [0.25, 0.3) is 0 Å². The largest absolute Gasteiger partial charge is 0.457 e. The summed E-state index contributed by atoms with van der Waals surface area (Å²) in [5.41, 5.74) is 3.39. The first-order valence-corrected chi connectivity index (χ1v) is 9.43. The van der Waals surface area contributed by atoms with Crippen molar-refractivity contribution in [3.8, 4) is 0 Å². The fourth-order valence-electron chi connectivity index (χ4n) is 2.54. The molecule has 0 fully saturated rings. The molecule has 24 heavy (non-hydrogen) atoms. The van der Waals surface area contributed by atoms with Crippen molar-refractivity contribution < 1.29 is 18.3 Å². The van der Waals surface area contributed by atoms with E-state index in [1.165, 1.54) is 0 Å². The van der Waals surface area contributed by atoms with Crippen LogP contribution in [0.1, 0.15) is 16.7 Å². The topological polar surface area (TPSA) is 63.6 Å². The van der Waals surface area contributed by atoms with Gasteiger partial charge in [0.05, 0.1) is 11.3 Å². The Bertz CT molecular complexity index is 861. The predicted molar refractivity (Wildman–Crippen MR) is 97.8 cm³/mol. The molecule has 1 N–H and O–H groups in total. The van der Waals surface area contributed by atoms with Gasteiger partial charge < -0.3 is 9.29 Å². The molecule has 1 atom stereocenters. The number of carbonyl (C=O) groups is 1. The highest BCUT2D eigenvalue weighted by atomic mass is 79.9. The molecule has 7 heteroatoms. The van der Waals surface area contributed by atoms with Gasteiger partial charge >= 0.3 is 5.97 Å². The van der Waals surface area contributed by atoms with E-state index < -0.39 is 17.0 Å². The zero-order valence-electron chi connectivity index (χ0n) is 12.3. The first kappa shape index (κ1) is 17.4. The van der Waals surface area contributed by atoms with Gasteiger partial charge in [-0.25, -0.2) is 9.00 Å². The van der Waals surface area contributed by atoms with Gasteiger partial charge in [-0.1, -0.05) is 57.9 Å². The van der Waals surface area contributed by atoms with Crippen LogP contribution in [-0.2, 0) is 26.4 Å². The number of ether oxygens (including phenoxy) is 1. The van der Waals surface area contributed by atoms with E-state index in [4.69, 9.17) is 20.9 Å². The highest BCUT2D eigenvalue weighted by molar-refractivity contribution is 9.10. The van der Waals surface area contributed by atoms with E-state index in [9.17, 15) is 9.00 Å². The summed E-state index contributed by atoms with van der Waals surface area (Å²) in [7, 11) is 0. The van der Waals surface area contributed by atoms with Gasteiger partial charge in [0, 0.05) is 20.6 Å². The number of cyclic esters (lactones) is 1. The number of rotatable bonds is 4. The average Bonchev–Trinajstić information content (AvgIpc) is 2.89. The maximum Gasteiger partial charge on any atom is 0.339 e. The molecule has 0 saturated carbocycles. The lowest BCUT2D eigenvalue weighted by atomic mass is 9.96. The number of hydrogen-bond acceptors (Lipinski definition) is 3. The Morgan fingerprint density at radius 1 is 1.21 bits per heavy atom. The summed E-state index contributed by atoms with van der Waals surface area (Å²) < 4.78 is 25.8. The van der Waals surface area contributed by atoms with Gasteiger partial charge in [-0.05, 0) is 23.3 Å². The lowest BCUT2D eigenvalue weighted by molar-refractivity contribution is -0.133. The zero-order valence-corrected chi connectivity index (χ0v) is 15.5. The highest BCUT2D eigenvalue weighted by Gasteiger charge is 2.28. The number of benzene rings is 2. The van der Waals surface area contributed by atoms with E-state index in [2.05, 4.69) is 15.9 Å². The van der Waals surface area contributed by atoms with Crippen molar-refractivity contribution in [1.29, 1.82) is 0 Å². The van der Waals surface area contributed by atoms with Crippen LogP contribution >= 0.6 is 27.5 Å². The molecule has 0 aromatic heterocycles. The fourth-order valence-corrected chi connectivity index (χ4v) is 3.79. The first-order chi connectivity index (χ1) is 11.5. The summed E-state index contributed by atoms with van der Waals surface area (Å²) in [4.78, 5) is 12.2. The van der Waals surface area contributed by atoms with Crippen LogP contribution in [0.3, 0.4) is 0 Å². The van der Waals surface area contributed by atoms with Crippen molar-refractivity contribution in [2.24, 2.45) is 0 Å². The Hall–Kier alpha value is -1.47. The lowest BCUT2D eigenvalue weighted by Gasteiger charge is -2.08. The van der Waals surface area contributed by atoms with Gasteiger partial charge in [-0.2, -0.15) is 0 Å². The van der Waals surface area contributed by atoms with Gasteiger partial charge in [-0.3, -0.25) is 0 Å². The van der Waals surface area contributed by atoms with Crippen LogP contribution in [-0.4, -0.2) is 21.3 Å². The van der Waals surface area contributed by atoms with E-state index in [0.717, 1.165) is 21.2 Å². The second-order valence-electron chi connectivity index (χ2n) is 5.22. The van der Waals surface area contributed by atoms with E-state index in [-0.39, 0.29) is 12.4 Å². The van der Waals surface area contributed by atoms with Crippen LogP contribution in [0.4, 0.5) is 0 Å². The van der Waals surface area contributed by atoms with E-state index in [0.29, 0.717) is 16.2 Å². The Morgan fingerprint density at radius 3 is 2.54 bits per heavy atom. The third-order valence-corrected chi connectivity index (χ3v) is 5.03. The molecular weight excluding hydrogens is 416 g/mol. The molecule has 0 radical (unpaired) electrons. The summed E-state index contributed by atoms with van der Waals surface area (Å²) in [6, 6.07) is 12.5. The normalized spacial score (nSPS) is 15.5. The molecular formula is C17H12BrClO4S. The minimum absolute atomic E-state index is 0.0696. The standard InChI is InChI=1S/C17H12BrClO4S/c18-12-5-6-13(15(19)7-12)16-14(8-23-17(16)20)11-3-1-10(2-4-11)9-24(21)22/h1-7H,8-9H2,(H,21,22). The van der Waals surface area contributed by atoms with Gasteiger partial charge in [0.2, 0.25) is 0 Å². The Balaban J connectivity index is 2.04. The second-order valence-corrected chi connectivity index (χ2v) is 7.47. The number of hydrogen-bond donors (Lipinski definition) is 1. The van der Waals surface area contributed by atoms with E-state index in [1.807, 2.05) is 18.2 Å². The molecule has 124 valence electrons. The Kier molecular flexibility index (Phi) is 5.20. The van der Waals surface area contributed by atoms with Crippen molar-refractivity contribution in [1.82, 2.24) is 0 Å². The third kappa shape index (κ3) is 3.62. The fraction of sp³-hybridized carbons (Fsp3) is 0.118. The van der Waals surface area contributed by atoms with Crippen molar-refractivity contribution in [3.05, 3.63) is 68.7 Å². The van der Waals surface area contributed by atoms with Crippen LogP contribution in [0.2, 0.25) is 5.02 Å². The molecule has 3 rings (SSSR count). The number of carbonyl (C=O) groups excluding carboxylic acids is 1. The smallest absolute Gasteiger partial charge is 0.339 e. The van der Waals surface area contributed by atoms with Crippen molar-refractivity contribution in [3.63, 3.8) is 0 Å². The summed E-state index contributed by atoms with van der Waals surface area (Å²) in [5, 5.41) is 0.461. The molecule has 0 spiro atoms. The molecule has 1 aliphatic rings. The maximum absolute atomic E-state index is 12.2.